The molecule has 0 bridgehead atoms. The van der Waals surface area contributed by atoms with Gasteiger partial charge in [0.25, 0.3) is 0 Å². The lowest BCUT2D eigenvalue weighted by Gasteiger charge is -2.34. The molecule has 3 rings (SSSR count). The molecule has 1 aliphatic heterocycles. The Labute approximate surface area is 190 Å². The van der Waals surface area contributed by atoms with Crippen LogP contribution in [0.3, 0.4) is 0 Å². The van der Waals surface area contributed by atoms with Crippen molar-refractivity contribution in [3.8, 4) is 34.5 Å². The third-order valence-corrected chi connectivity index (χ3v) is 5.54. The summed E-state index contributed by atoms with van der Waals surface area (Å²) < 4.78 is 33.5. The van der Waals surface area contributed by atoms with Gasteiger partial charge in [0.15, 0.2) is 23.0 Å². The molecule has 1 fully saturated rings. The van der Waals surface area contributed by atoms with Gasteiger partial charge in [0.1, 0.15) is 13.2 Å². The molecular formula is C24H34N2O6. The van der Waals surface area contributed by atoms with Gasteiger partial charge in [-0.1, -0.05) is 12.1 Å². The largest absolute Gasteiger partial charge is 0.493 e. The molecule has 0 amide bonds. The lowest BCUT2D eigenvalue weighted by atomic mass is 10.3. The predicted molar refractivity (Wildman–Crippen MR) is 123 cm³/mol. The Balaban J connectivity index is 1.39. The summed E-state index contributed by atoms with van der Waals surface area (Å²) >= 11 is 0. The predicted octanol–water partition coefficient (Wildman–Crippen LogP) is 2.80. The summed E-state index contributed by atoms with van der Waals surface area (Å²) in [6, 6.07) is 11.3. The smallest absolute Gasteiger partial charge is 0.203 e. The Bertz CT molecular complexity index is 725. The number of para-hydroxylation sites is 2. The fourth-order valence-electron chi connectivity index (χ4n) is 3.71. The normalized spacial score (nSPS) is 14.6. The van der Waals surface area contributed by atoms with Crippen LogP contribution in [-0.4, -0.2) is 90.7 Å². The van der Waals surface area contributed by atoms with Crippen molar-refractivity contribution >= 4 is 0 Å². The molecule has 0 atom stereocenters. The molecule has 1 aliphatic rings. The van der Waals surface area contributed by atoms with Crippen molar-refractivity contribution in [3.63, 3.8) is 0 Å². The summed E-state index contributed by atoms with van der Waals surface area (Å²) in [4.78, 5) is 4.81. The third kappa shape index (κ3) is 6.11. The first-order chi connectivity index (χ1) is 15.7. The van der Waals surface area contributed by atoms with Crippen molar-refractivity contribution < 1.29 is 28.4 Å². The van der Waals surface area contributed by atoms with Crippen LogP contribution in [0.4, 0.5) is 0 Å². The summed E-state index contributed by atoms with van der Waals surface area (Å²) in [6.07, 6.45) is 0. The molecule has 1 heterocycles. The van der Waals surface area contributed by atoms with Gasteiger partial charge in [-0.3, -0.25) is 9.80 Å². The van der Waals surface area contributed by atoms with Gasteiger partial charge in [-0.2, -0.15) is 0 Å². The number of hydrogen-bond donors (Lipinski definition) is 0. The van der Waals surface area contributed by atoms with Gasteiger partial charge < -0.3 is 28.4 Å². The van der Waals surface area contributed by atoms with E-state index in [0.29, 0.717) is 47.7 Å². The molecule has 0 radical (unpaired) electrons. The van der Waals surface area contributed by atoms with Crippen molar-refractivity contribution in [2.75, 3.05) is 80.9 Å². The van der Waals surface area contributed by atoms with Gasteiger partial charge in [-0.05, 0) is 24.3 Å². The number of benzene rings is 2. The standard InChI is InChI=1S/C24H34N2O6/c1-27-19-7-5-8-20(28-2)23(19)31-17-15-25-11-13-26(14-12-25)16-18-32-24-21(29-3)9-6-10-22(24)30-4/h5-10H,11-18H2,1-4H3. The molecule has 0 spiro atoms. The molecule has 1 saturated heterocycles. The number of hydrogen-bond acceptors (Lipinski definition) is 8. The second-order valence-electron chi connectivity index (χ2n) is 7.36. The Morgan fingerprint density at radius 2 is 0.875 bits per heavy atom. The van der Waals surface area contributed by atoms with E-state index in [2.05, 4.69) is 9.80 Å². The van der Waals surface area contributed by atoms with E-state index in [1.807, 2.05) is 36.4 Å². The van der Waals surface area contributed by atoms with E-state index in [9.17, 15) is 0 Å². The molecule has 0 unspecified atom stereocenters. The highest BCUT2D eigenvalue weighted by molar-refractivity contribution is 5.51. The first-order valence-electron chi connectivity index (χ1n) is 10.8. The molecule has 0 saturated carbocycles. The van der Waals surface area contributed by atoms with Crippen molar-refractivity contribution in [2.45, 2.75) is 0 Å². The van der Waals surface area contributed by atoms with E-state index < -0.39 is 0 Å². The first-order valence-corrected chi connectivity index (χ1v) is 10.8. The number of piperazine rings is 1. The van der Waals surface area contributed by atoms with Crippen LogP contribution in [0.2, 0.25) is 0 Å². The molecule has 176 valence electrons. The van der Waals surface area contributed by atoms with E-state index in [1.54, 1.807) is 28.4 Å². The van der Waals surface area contributed by atoms with Crippen LogP contribution in [0.25, 0.3) is 0 Å². The van der Waals surface area contributed by atoms with Crippen LogP contribution >= 0.6 is 0 Å². The second kappa shape index (κ2) is 12.3. The van der Waals surface area contributed by atoms with E-state index in [-0.39, 0.29) is 0 Å². The summed E-state index contributed by atoms with van der Waals surface area (Å²) in [6.45, 7) is 6.82. The van der Waals surface area contributed by atoms with Gasteiger partial charge in [0, 0.05) is 39.3 Å². The summed E-state index contributed by atoms with van der Waals surface area (Å²) in [5.41, 5.74) is 0. The van der Waals surface area contributed by atoms with Gasteiger partial charge in [0.05, 0.1) is 28.4 Å². The monoisotopic (exact) mass is 446 g/mol. The zero-order valence-corrected chi connectivity index (χ0v) is 19.5. The van der Waals surface area contributed by atoms with E-state index in [4.69, 9.17) is 28.4 Å². The molecule has 0 N–H and O–H groups in total. The Hall–Kier alpha value is -2.84. The van der Waals surface area contributed by atoms with Gasteiger partial charge >= 0.3 is 0 Å². The van der Waals surface area contributed by atoms with Crippen LogP contribution in [0.15, 0.2) is 36.4 Å². The Kier molecular flexibility index (Phi) is 9.13. The summed E-state index contributed by atoms with van der Waals surface area (Å²) in [5, 5.41) is 0. The molecule has 2 aromatic carbocycles. The van der Waals surface area contributed by atoms with E-state index in [1.165, 1.54) is 0 Å². The third-order valence-electron chi connectivity index (χ3n) is 5.54. The van der Waals surface area contributed by atoms with Crippen molar-refractivity contribution in [3.05, 3.63) is 36.4 Å². The fourth-order valence-corrected chi connectivity index (χ4v) is 3.71. The fraction of sp³-hybridized carbons (Fsp3) is 0.500. The average Bonchev–Trinajstić information content (AvgIpc) is 2.84. The van der Waals surface area contributed by atoms with Crippen LogP contribution in [0.1, 0.15) is 0 Å². The van der Waals surface area contributed by atoms with Crippen LogP contribution in [0.5, 0.6) is 34.5 Å². The molecular weight excluding hydrogens is 412 g/mol. The van der Waals surface area contributed by atoms with E-state index >= 15 is 0 Å². The average molecular weight is 447 g/mol. The highest BCUT2D eigenvalue weighted by Crippen LogP contribution is 2.37. The minimum Gasteiger partial charge on any atom is -0.493 e. The summed E-state index contributed by atoms with van der Waals surface area (Å²) in [7, 11) is 6.53. The molecule has 32 heavy (non-hydrogen) atoms. The lowest BCUT2D eigenvalue weighted by molar-refractivity contribution is 0.103. The lowest BCUT2D eigenvalue weighted by Crippen LogP contribution is -2.48. The van der Waals surface area contributed by atoms with Crippen LogP contribution in [-0.2, 0) is 0 Å². The summed E-state index contributed by atoms with van der Waals surface area (Å²) in [5.74, 6) is 4.03. The maximum Gasteiger partial charge on any atom is 0.203 e. The number of ether oxygens (including phenoxy) is 6. The molecule has 8 nitrogen and oxygen atoms in total. The van der Waals surface area contributed by atoms with Gasteiger partial charge in [-0.25, -0.2) is 0 Å². The van der Waals surface area contributed by atoms with Crippen molar-refractivity contribution in [2.24, 2.45) is 0 Å². The Morgan fingerprint density at radius 3 is 1.16 bits per heavy atom. The Morgan fingerprint density at radius 1 is 0.562 bits per heavy atom. The minimum absolute atomic E-state index is 0.577. The van der Waals surface area contributed by atoms with Crippen molar-refractivity contribution in [1.82, 2.24) is 9.80 Å². The van der Waals surface area contributed by atoms with Crippen LogP contribution < -0.4 is 28.4 Å². The highest BCUT2D eigenvalue weighted by Gasteiger charge is 2.18. The number of nitrogens with zero attached hydrogens (tertiary/aromatic N) is 2. The number of methoxy groups -OCH3 is 4. The molecule has 0 aromatic heterocycles. The molecule has 8 heteroatoms. The maximum absolute atomic E-state index is 5.99. The molecule has 0 aliphatic carbocycles. The van der Waals surface area contributed by atoms with Gasteiger partial charge in [-0.15, -0.1) is 0 Å². The van der Waals surface area contributed by atoms with Gasteiger partial charge in [0.2, 0.25) is 11.5 Å². The number of rotatable bonds is 12. The van der Waals surface area contributed by atoms with Crippen molar-refractivity contribution in [1.29, 1.82) is 0 Å². The topological polar surface area (TPSA) is 61.9 Å². The minimum atomic E-state index is 0.577. The molecule has 2 aromatic rings. The second-order valence-corrected chi connectivity index (χ2v) is 7.36. The maximum atomic E-state index is 5.99. The van der Waals surface area contributed by atoms with E-state index in [0.717, 1.165) is 39.3 Å². The highest BCUT2D eigenvalue weighted by atomic mass is 16.5. The SMILES string of the molecule is COc1cccc(OC)c1OCCN1CCN(CCOc2c(OC)cccc2OC)CC1. The van der Waals surface area contributed by atoms with Crippen LogP contribution in [0, 0.1) is 0 Å². The zero-order chi connectivity index (χ0) is 22.8. The zero-order valence-electron chi connectivity index (χ0n) is 19.5. The first kappa shape index (κ1) is 23.8. The quantitative estimate of drug-likeness (QED) is 0.493.